The fraction of sp³-hybridized carbons (Fsp3) is 0.688. The monoisotopic (exact) mass is 335 g/mol. The lowest BCUT2D eigenvalue weighted by Crippen LogP contribution is -2.52. The summed E-state index contributed by atoms with van der Waals surface area (Å²) in [5.74, 6) is 1.24. The molecule has 0 aromatic carbocycles. The number of anilines is 1. The van der Waals surface area contributed by atoms with Crippen molar-refractivity contribution >= 4 is 23.5 Å². The minimum absolute atomic E-state index is 0.346. The van der Waals surface area contributed by atoms with Gasteiger partial charge in [0.1, 0.15) is 5.82 Å². The summed E-state index contributed by atoms with van der Waals surface area (Å²) in [6.45, 7) is 1.65. The van der Waals surface area contributed by atoms with E-state index < -0.39 is 0 Å². The van der Waals surface area contributed by atoms with Gasteiger partial charge in [0.05, 0.1) is 0 Å². The molecular weight excluding hydrogens is 310 g/mol. The highest BCUT2D eigenvalue weighted by atomic mass is 32.2. The van der Waals surface area contributed by atoms with Gasteiger partial charge in [-0.1, -0.05) is 11.8 Å². The molecule has 2 aliphatic rings. The van der Waals surface area contributed by atoms with Crippen molar-refractivity contribution < 1.29 is 4.79 Å². The molecule has 2 fully saturated rings. The summed E-state index contributed by atoms with van der Waals surface area (Å²) in [4.78, 5) is 22.9. The molecular formula is C16H25N5OS. The van der Waals surface area contributed by atoms with Crippen LogP contribution in [0.1, 0.15) is 37.7 Å². The van der Waals surface area contributed by atoms with E-state index in [0.717, 1.165) is 61.7 Å². The number of fused-ring (bicyclic) bond motifs is 1. The van der Waals surface area contributed by atoms with E-state index in [4.69, 9.17) is 0 Å². The molecule has 2 aliphatic heterocycles. The van der Waals surface area contributed by atoms with Gasteiger partial charge in [0.2, 0.25) is 5.91 Å². The topological polar surface area (TPSA) is 70.2 Å². The van der Waals surface area contributed by atoms with Gasteiger partial charge in [0, 0.05) is 50.4 Å². The van der Waals surface area contributed by atoms with Crippen molar-refractivity contribution in [3.63, 3.8) is 0 Å². The van der Waals surface area contributed by atoms with E-state index in [-0.39, 0.29) is 0 Å². The van der Waals surface area contributed by atoms with Crippen LogP contribution in [0.2, 0.25) is 0 Å². The summed E-state index contributed by atoms with van der Waals surface area (Å²) in [6.07, 6.45) is 8.89. The van der Waals surface area contributed by atoms with Gasteiger partial charge in [-0.3, -0.25) is 4.79 Å². The van der Waals surface area contributed by atoms with Gasteiger partial charge < -0.3 is 15.5 Å². The van der Waals surface area contributed by atoms with Gasteiger partial charge in [0.25, 0.3) is 0 Å². The van der Waals surface area contributed by atoms with Gasteiger partial charge in [-0.15, -0.1) is 0 Å². The maximum absolute atomic E-state index is 11.9. The third-order valence-corrected chi connectivity index (χ3v) is 5.37. The molecule has 2 saturated heterocycles. The number of carbonyl (C=O) groups is 1. The Labute approximate surface area is 141 Å². The molecule has 0 radical (unpaired) electrons. The second kappa shape index (κ2) is 7.49. The second-order valence-electron chi connectivity index (χ2n) is 6.22. The number of nitrogens with one attached hydrogen (secondary N) is 2. The average Bonchev–Trinajstić information content (AvgIpc) is 2.60. The number of amides is 1. The molecule has 1 amide bonds. The molecule has 126 valence electrons. The van der Waals surface area contributed by atoms with Crippen LogP contribution in [0, 0.1) is 0 Å². The van der Waals surface area contributed by atoms with Crippen molar-refractivity contribution in [2.45, 2.75) is 55.9 Å². The van der Waals surface area contributed by atoms with Crippen molar-refractivity contribution in [2.75, 3.05) is 25.2 Å². The Morgan fingerprint density at radius 1 is 1.43 bits per heavy atom. The Balaban J connectivity index is 1.58. The molecule has 6 nitrogen and oxygen atoms in total. The molecule has 0 spiro atoms. The van der Waals surface area contributed by atoms with E-state index in [1.54, 1.807) is 11.8 Å². The lowest BCUT2D eigenvalue weighted by atomic mass is 9.90. The Hall–Kier alpha value is -1.34. The molecule has 23 heavy (non-hydrogen) atoms. The van der Waals surface area contributed by atoms with Gasteiger partial charge in [-0.25, -0.2) is 9.97 Å². The van der Waals surface area contributed by atoms with Crippen LogP contribution in [0.3, 0.4) is 0 Å². The fourth-order valence-corrected chi connectivity index (χ4v) is 3.90. The first-order valence-corrected chi connectivity index (χ1v) is 9.54. The van der Waals surface area contributed by atoms with Gasteiger partial charge in [-0.05, 0) is 31.9 Å². The largest absolute Gasteiger partial charge is 0.373 e. The van der Waals surface area contributed by atoms with Gasteiger partial charge in [-0.2, -0.15) is 0 Å². The number of hydrogen-bond acceptors (Lipinski definition) is 6. The summed E-state index contributed by atoms with van der Waals surface area (Å²) in [7, 11) is 1.89. The molecule has 0 aliphatic carbocycles. The summed E-state index contributed by atoms with van der Waals surface area (Å²) < 4.78 is 0. The first kappa shape index (κ1) is 16.5. The summed E-state index contributed by atoms with van der Waals surface area (Å²) in [5, 5.41) is 7.57. The van der Waals surface area contributed by atoms with E-state index >= 15 is 0 Å². The molecule has 3 heterocycles. The van der Waals surface area contributed by atoms with Crippen LogP contribution in [0.15, 0.2) is 11.4 Å². The van der Waals surface area contributed by atoms with Crippen molar-refractivity contribution in [3.8, 4) is 0 Å². The number of nitrogens with zero attached hydrogens (tertiary/aromatic N) is 3. The first-order chi connectivity index (χ1) is 11.2. The fourth-order valence-electron chi connectivity index (χ4n) is 3.56. The minimum atomic E-state index is 0.346. The summed E-state index contributed by atoms with van der Waals surface area (Å²) >= 11 is 1.55. The van der Waals surface area contributed by atoms with Gasteiger partial charge in [0.15, 0.2) is 5.16 Å². The highest BCUT2D eigenvalue weighted by Crippen LogP contribution is 2.27. The lowest BCUT2D eigenvalue weighted by Gasteiger charge is -2.42. The average molecular weight is 335 g/mol. The maximum Gasteiger partial charge on any atom is 0.222 e. The molecule has 2 unspecified atom stereocenters. The van der Waals surface area contributed by atoms with E-state index in [1.165, 1.54) is 0 Å². The third-order valence-electron chi connectivity index (χ3n) is 4.81. The molecule has 7 heteroatoms. The van der Waals surface area contributed by atoms with Gasteiger partial charge >= 0.3 is 0 Å². The lowest BCUT2D eigenvalue weighted by molar-refractivity contribution is -0.138. The standard InChI is InChI=1S/C16H25N5OS/c1-17-15-11(10-19-16(20-15)23-2)9-18-12-6-7-21-13(8-12)4-3-5-14(21)22/h10,12-13,18H,3-9H2,1-2H3,(H,17,19,20). The third kappa shape index (κ3) is 3.77. The van der Waals surface area contributed by atoms with Crippen LogP contribution in [0.25, 0.3) is 0 Å². The van der Waals surface area contributed by atoms with Crippen LogP contribution < -0.4 is 10.6 Å². The van der Waals surface area contributed by atoms with Crippen molar-refractivity contribution in [1.82, 2.24) is 20.2 Å². The highest BCUT2D eigenvalue weighted by Gasteiger charge is 2.33. The molecule has 2 N–H and O–H groups in total. The Kier molecular flexibility index (Phi) is 5.38. The number of carbonyl (C=O) groups excluding carboxylic acids is 1. The van der Waals surface area contributed by atoms with Crippen LogP contribution in [-0.2, 0) is 11.3 Å². The molecule has 1 aromatic heterocycles. The molecule has 1 aromatic rings. The zero-order chi connectivity index (χ0) is 16.2. The quantitative estimate of drug-likeness (QED) is 0.632. The van der Waals surface area contributed by atoms with Crippen LogP contribution in [0.4, 0.5) is 5.82 Å². The van der Waals surface area contributed by atoms with Crippen LogP contribution in [-0.4, -0.2) is 52.7 Å². The zero-order valence-electron chi connectivity index (χ0n) is 13.8. The van der Waals surface area contributed by atoms with Crippen LogP contribution in [0.5, 0.6) is 0 Å². The molecule has 2 atom stereocenters. The minimum Gasteiger partial charge on any atom is -0.373 e. The Morgan fingerprint density at radius 2 is 2.30 bits per heavy atom. The maximum atomic E-state index is 11.9. The number of hydrogen-bond donors (Lipinski definition) is 2. The highest BCUT2D eigenvalue weighted by molar-refractivity contribution is 7.98. The van der Waals surface area contributed by atoms with E-state index in [2.05, 4.69) is 25.5 Å². The first-order valence-electron chi connectivity index (χ1n) is 8.31. The van der Waals surface area contributed by atoms with E-state index in [1.807, 2.05) is 19.5 Å². The normalized spacial score (nSPS) is 24.4. The smallest absolute Gasteiger partial charge is 0.222 e. The number of thioether (sulfide) groups is 1. The number of piperidine rings is 2. The number of aromatic nitrogens is 2. The predicted octanol–water partition coefficient (Wildman–Crippen LogP) is 1.87. The van der Waals surface area contributed by atoms with Crippen LogP contribution >= 0.6 is 11.8 Å². The predicted molar refractivity (Wildman–Crippen MR) is 92.6 cm³/mol. The summed E-state index contributed by atoms with van der Waals surface area (Å²) in [6, 6.07) is 0.897. The van der Waals surface area contributed by atoms with Crippen molar-refractivity contribution in [3.05, 3.63) is 11.8 Å². The van der Waals surface area contributed by atoms with E-state index in [9.17, 15) is 4.79 Å². The molecule has 0 bridgehead atoms. The SMILES string of the molecule is CNc1nc(SC)ncc1CNC1CCN2C(=O)CCCC2C1. The van der Waals surface area contributed by atoms with E-state index in [0.29, 0.717) is 18.0 Å². The Morgan fingerprint density at radius 3 is 3.09 bits per heavy atom. The zero-order valence-corrected chi connectivity index (χ0v) is 14.7. The Bertz CT molecular complexity index is 567. The summed E-state index contributed by atoms with van der Waals surface area (Å²) in [5.41, 5.74) is 1.09. The molecule has 3 rings (SSSR count). The van der Waals surface area contributed by atoms with Crippen molar-refractivity contribution in [2.24, 2.45) is 0 Å². The van der Waals surface area contributed by atoms with Crippen molar-refractivity contribution in [1.29, 1.82) is 0 Å². The molecule has 0 saturated carbocycles. The number of rotatable bonds is 5. The second-order valence-corrected chi connectivity index (χ2v) is 6.99.